The molecule has 1 unspecified atom stereocenters. The van der Waals surface area contributed by atoms with Crippen molar-refractivity contribution in [2.24, 2.45) is 5.41 Å². The second kappa shape index (κ2) is 3.55. The molecule has 0 aromatic carbocycles. The van der Waals surface area contributed by atoms with Crippen molar-refractivity contribution >= 4 is 0 Å². The molecule has 0 amide bonds. The predicted octanol–water partition coefficient (Wildman–Crippen LogP) is 1.41. The first-order chi connectivity index (χ1) is 5.16. The highest BCUT2D eigenvalue weighted by molar-refractivity contribution is 4.89. The molecular formula is C9H19NO. The zero-order chi connectivity index (χ0) is 8.32. The molecule has 0 bridgehead atoms. The summed E-state index contributed by atoms with van der Waals surface area (Å²) in [5.74, 6) is 0. The molecule has 0 aromatic heterocycles. The fraction of sp³-hybridized carbons (Fsp3) is 1.00. The van der Waals surface area contributed by atoms with Gasteiger partial charge in [0.25, 0.3) is 0 Å². The Bertz CT molecular complexity index is 121. The van der Waals surface area contributed by atoms with Gasteiger partial charge in [0.05, 0.1) is 6.10 Å². The van der Waals surface area contributed by atoms with Gasteiger partial charge in [-0.3, -0.25) is 0 Å². The van der Waals surface area contributed by atoms with Gasteiger partial charge >= 0.3 is 0 Å². The van der Waals surface area contributed by atoms with E-state index in [1.165, 1.54) is 6.42 Å². The van der Waals surface area contributed by atoms with Crippen LogP contribution < -0.4 is 5.32 Å². The quantitative estimate of drug-likeness (QED) is 0.666. The topological polar surface area (TPSA) is 21.3 Å². The Morgan fingerprint density at radius 3 is 2.55 bits per heavy atom. The molecule has 1 saturated heterocycles. The molecule has 1 rings (SSSR count). The van der Waals surface area contributed by atoms with Gasteiger partial charge in [-0.1, -0.05) is 6.92 Å². The normalized spacial score (nSPS) is 24.3. The largest absolute Gasteiger partial charge is 0.379 e. The van der Waals surface area contributed by atoms with Crippen LogP contribution in [-0.4, -0.2) is 25.8 Å². The van der Waals surface area contributed by atoms with E-state index in [4.69, 9.17) is 4.74 Å². The van der Waals surface area contributed by atoms with Crippen LogP contribution in [0.1, 0.15) is 27.2 Å². The minimum Gasteiger partial charge on any atom is -0.379 e. The Hall–Kier alpha value is -0.0800. The standard InChI is InChI=1S/C9H19NO/c1-4-11-8(2)5-9(3)6-10-7-9/h8,10H,4-7H2,1-3H3. The Morgan fingerprint density at radius 2 is 2.18 bits per heavy atom. The van der Waals surface area contributed by atoms with Crippen LogP contribution in [0, 0.1) is 5.41 Å². The summed E-state index contributed by atoms with van der Waals surface area (Å²) >= 11 is 0. The summed E-state index contributed by atoms with van der Waals surface area (Å²) in [4.78, 5) is 0. The fourth-order valence-electron chi connectivity index (χ4n) is 1.73. The van der Waals surface area contributed by atoms with Crippen molar-refractivity contribution in [1.29, 1.82) is 0 Å². The van der Waals surface area contributed by atoms with Crippen LogP contribution in [0.25, 0.3) is 0 Å². The number of rotatable bonds is 4. The van der Waals surface area contributed by atoms with Crippen molar-refractivity contribution < 1.29 is 4.74 Å². The number of hydrogen-bond donors (Lipinski definition) is 1. The monoisotopic (exact) mass is 157 g/mol. The minimum absolute atomic E-state index is 0.423. The van der Waals surface area contributed by atoms with E-state index in [9.17, 15) is 0 Å². The average molecular weight is 157 g/mol. The summed E-state index contributed by atoms with van der Waals surface area (Å²) < 4.78 is 5.49. The molecule has 66 valence electrons. The van der Waals surface area contributed by atoms with Crippen LogP contribution in [0.2, 0.25) is 0 Å². The first-order valence-corrected chi connectivity index (χ1v) is 4.48. The van der Waals surface area contributed by atoms with Gasteiger partial charge in [-0.15, -0.1) is 0 Å². The SMILES string of the molecule is CCOC(C)CC1(C)CNC1. The first-order valence-electron chi connectivity index (χ1n) is 4.48. The van der Waals surface area contributed by atoms with Gasteiger partial charge in [-0.2, -0.15) is 0 Å². The summed E-state index contributed by atoms with van der Waals surface area (Å²) in [5, 5.41) is 3.29. The zero-order valence-corrected chi connectivity index (χ0v) is 7.81. The molecule has 0 aromatic rings. The van der Waals surface area contributed by atoms with Crippen molar-refractivity contribution in [3.05, 3.63) is 0 Å². The van der Waals surface area contributed by atoms with Gasteiger partial charge in [0, 0.05) is 19.7 Å². The molecule has 0 aliphatic carbocycles. The molecule has 1 atom stereocenters. The minimum atomic E-state index is 0.423. The number of hydrogen-bond acceptors (Lipinski definition) is 2. The van der Waals surface area contributed by atoms with E-state index in [1.807, 2.05) is 0 Å². The zero-order valence-electron chi connectivity index (χ0n) is 7.81. The van der Waals surface area contributed by atoms with Crippen LogP contribution in [0.4, 0.5) is 0 Å². The van der Waals surface area contributed by atoms with E-state index in [-0.39, 0.29) is 0 Å². The molecule has 1 aliphatic heterocycles. The molecule has 0 saturated carbocycles. The third kappa shape index (κ3) is 2.46. The van der Waals surface area contributed by atoms with E-state index in [0.717, 1.165) is 19.7 Å². The second-order valence-electron chi connectivity index (χ2n) is 3.88. The fourth-order valence-corrected chi connectivity index (χ4v) is 1.73. The highest BCUT2D eigenvalue weighted by Crippen LogP contribution is 2.28. The second-order valence-corrected chi connectivity index (χ2v) is 3.88. The van der Waals surface area contributed by atoms with Crippen LogP contribution in [-0.2, 0) is 4.74 Å². The molecule has 11 heavy (non-hydrogen) atoms. The van der Waals surface area contributed by atoms with Crippen molar-refractivity contribution in [2.45, 2.75) is 33.3 Å². The van der Waals surface area contributed by atoms with Crippen LogP contribution in [0.15, 0.2) is 0 Å². The third-order valence-corrected chi connectivity index (χ3v) is 2.33. The van der Waals surface area contributed by atoms with E-state index < -0.39 is 0 Å². The number of ether oxygens (including phenoxy) is 1. The van der Waals surface area contributed by atoms with E-state index in [2.05, 4.69) is 26.1 Å². The Labute approximate surface area is 69.3 Å². The van der Waals surface area contributed by atoms with Gasteiger partial charge in [0.2, 0.25) is 0 Å². The highest BCUT2D eigenvalue weighted by Gasteiger charge is 2.32. The van der Waals surface area contributed by atoms with Crippen molar-refractivity contribution in [1.82, 2.24) is 5.32 Å². The van der Waals surface area contributed by atoms with Crippen molar-refractivity contribution in [2.75, 3.05) is 19.7 Å². The molecular weight excluding hydrogens is 138 g/mol. The first kappa shape index (κ1) is 9.01. The molecule has 2 nitrogen and oxygen atoms in total. The van der Waals surface area contributed by atoms with E-state index in [1.54, 1.807) is 0 Å². The van der Waals surface area contributed by atoms with Gasteiger partial charge in [0.1, 0.15) is 0 Å². The van der Waals surface area contributed by atoms with Crippen molar-refractivity contribution in [3.63, 3.8) is 0 Å². The molecule has 0 spiro atoms. The molecule has 1 heterocycles. The van der Waals surface area contributed by atoms with Gasteiger partial charge in [0.15, 0.2) is 0 Å². The maximum absolute atomic E-state index is 5.49. The third-order valence-electron chi connectivity index (χ3n) is 2.33. The lowest BCUT2D eigenvalue weighted by atomic mass is 9.79. The van der Waals surface area contributed by atoms with Crippen molar-refractivity contribution in [3.8, 4) is 0 Å². The van der Waals surface area contributed by atoms with Crippen LogP contribution in [0.5, 0.6) is 0 Å². The van der Waals surface area contributed by atoms with Crippen LogP contribution in [0.3, 0.4) is 0 Å². The number of nitrogens with one attached hydrogen (secondary N) is 1. The Balaban J connectivity index is 2.18. The Kier molecular flexibility index (Phi) is 2.90. The molecule has 0 radical (unpaired) electrons. The van der Waals surface area contributed by atoms with Gasteiger partial charge in [-0.05, 0) is 25.7 Å². The summed E-state index contributed by atoms with van der Waals surface area (Å²) in [5.41, 5.74) is 0.509. The molecule has 1 N–H and O–H groups in total. The van der Waals surface area contributed by atoms with Gasteiger partial charge < -0.3 is 10.1 Å². The highest BCUT2D eigenvalue weighted by atomic mass is 16.5. The van der Waals surface area contributed by atoms with Gasteiger partial charge in [-0.25, -0.2) is 0 Å². The lowest BCUT2D eigenvalue weighted by Crippen LogP contribution is -2.52. The average Bonchev–Trinajstić information content (AvgIpc) is 1.85. The Morgan fingerprint density at radius 1 is 1.55 bits per heavy atom. The maximum atomic E-state index is 5.49. The molecule has 2 heteroatoms. The van der Waals surface area contributed by atoms with Crippen LogP contribution >= 0.6 is 0 Å². The molecule has 1 fully saturated rings. The lowest BCUT2D eigenvalue weighted by Gasteiger charge is -2.41. The van der Waals surface area contributed by atoms with E-state index in [0.29, 0.717) is 11.5 Å². The molecule has 1 aliphatic rings. The lowest BCUT2D eigenvalue weighted by molar-refractivity contribution is 0.0225. The van der Waals surface area contributed by atoms with E-state index >= 15 is 0 Å². The smallest absolute Gasteiger partial charge is 0.0553 e. The predicted molar refractivity (Wildman–Crippen MR) is 46.7 cm³/mol. The summed E-state index contributed by atoms with van der Waals surface area (Å²) in [6.07, 6.45) is 1.61. The maximum Gasteiger partial charge on any atom is 0.0553 e. The summed E-state index contributed by atoms with van der Waals surface area (Å²) in [7, 11) is 0. The summed E-state index contributed by atoms with van der Waals surface area (Å²) in [6.45, 7) is 9.68. The summed E-state index contributed by atoms with van der Waals surface area (Å²) in [6, 6.07) is 0.